The quantitative estimate of drug-likeness (QED) is 0.465. The van der Waals surface area contributed by atoms with Crippen LogP contribution in [0.25, 0.3) is 0 Å². The molecule has 1 heterocycles. The molecular weight excluding hydrogens is 242 g/mol. The lowest BCUT2D eigenvalue weighted by molar-refractivity contribution is -0.122. The van der Waals surface area contributed by atoms with Gasteiger partial charge in [-0.3, -0.25) is 4.79 Å². The number of amides is 1. The van der Waals surface area contributed by atoms with Gasteiger partial charge in [-0.05, 0) is 0 Å². The van der Waals surface area contributed by atoms with Gasteiger partial charge in [0.1, 0.15) is 6.54 Å². The molecule has 0 saturated carbocycles. The molecule has 0 fully saturated rings. The third kappa shape index (κ3) is 3.42. The normalized spacial score (nSPS) is 10.1. The molecule has 0 radical (unpaired) electrons. The first-order valence-corrected chi connectivity index (χ1v) is 5.13. The summed E-state index contributed by atoms with van der Waals surface area (Å²) in [5.41, 5.74) is 5.51. The molecule has 1 aromatic heterocycles. The summed E-state index contributed by atoms with van der Waals surface area (Å²) in [6.07, 6.45) is 0. The Bertz CT molecular complexity index is 431. The number of methoxy groups -OCH3 is 2. The molecule has 0 unspecified atom stereocenters. The maximum absolute atomic E-state index is 11.5. The van der Waals surface area contributed by atoms with Crippen LogP contribution in [-0.2, 0) is 20.8 Å². The zero-order chi connectivity index (χ0) is 13.5. The molecule has 1 aromatic rings. The van der Waals surface area contributed by atoms with E-state index in [1.54, 1.807) is 0 Å². The smallest absolute Gasteiger partial charge is 0.362 e. The van der Waals surface area contributed by atoms with E-state index >= 15 is 0 Å². The van der Waals surface area contributed by atoms with E-state index in [1.165, 1.54) is 14.2 Å². The first-order chi connectivity index (χ1) is 8.60. The van der Waals surface area contributed by atoms with Crippen molar-refractivity contribution >= 4 is 17.7 Å². The second kappa shape index (κ2) is 6.55. The van der Waals surface area contributed by atoms with Crippen molar-refractivity contribution in [2.24, 2.45) is 0 Å². The number of nitrogens with two attached hydrogens (primary N) is 1. The van der Waals surface area contributed by atoms with Crippen molar-refractivity contribution in [1.29, 1.82) is 0 Å². The average Bonchev–Trinajstić information content (AvgIpc) is 2.70. The molecule has 0 aromatic carbocycles. The largest absolute Gasteiger partial charge is 0.464 e. The molecule has 18 heavy (non-hydrogen) atoms. The Kier molecular flexibility index (Phi) is 5.06. The fourth-order valence-corrected chi connectivity index (χ4v) is 1.16. The summed E-state index contributed by atoms with van der Waals surface area (Å²) in [6.45, 7) is 0.666. The Hall–Kier alpha value is -2.16. The van der Waals surface area contributed by atoms with Crippen molar-refractivity contribution in [2.45, 2.75) is 6.54 Å². The highest BCUT2D eigenvalue weighted by Gasteiger charge is 2.18. The standard InChI is InChI=1S/C9H15N5O4/c1-17-4-3-11-6(15)5-14-8(10)7(12-13-14)9(16)18-2/h3-5,10H2,1-2H3,(H,11,15). The Morgan fingerprint density at radius 1 is 1.44 bits per heavy atom. The Labute approximate surface area is 103 Å². The maximum Gasteiger partial charge on any atom is 0.362 e. The average molecular weight is 257 g/mol. The summed E-state index contributed by atoms with van der Waals surface area (Å²) in [6, 6.07) is 0. The Morgan fingerprint density at radius 3 is 2.78 bits per heavy atom. The van der Waals surface area contributed by atoms with E-state index in [9.17, 15) is 9.59 Å². The number of rotatable bonds is 6. The van der Waals surface area contributed by atoms with Crippen LogP contribution in [0.4, 0.5) is 5.82 Å². The van der Waals surface area contributed by atoms with Crippen molar-refractivity contribution in [3.8, 4) is 0 Å². The molecule has 9 nitrogen and oxygen atoms in total. The van der Waals surface area contributed by atoms with Crippen LogP contribution in [0.15, 0.2) is 0 Å². The molecule has 1 rings (SSSR count). The highest BCUT2D eigenvalue weighted by atomic mass is 16.5. The van der Waals surface area contributed by atoms with Crippen LogP contribution in [0.5, 0.6) is 0 Å². The van der Waals surface area contributed by atoms with E-state index in [0.29, 0.717) is 13.2 Å². The molecule has 0 aliphatic heterocycles. The van der Waals surface area contributed by atoms with Crippen molar-refractivity contribution in [3.05, 3.63) is 5.69 Å². The number of ether oxygens (including phenoxy) is 2. The molecule has 0 aliphatic carbocycles. The van der Waals surface area contributed by atoms with Gasteiger partial charge in [0.05, 0.1) is 13.7 Å². The molecule has 3 N–H and O–H groups in total. The van der Waals surface area contributed by atoms with Gasteiger partial charge in [0.25, 0.3) is 0 Å². The molecule has 100 valence electrons. The summed E-state index contributed by atoms with van der Waals surface area (Å²) in [5, 5.41) is 9.73. The van der Waals surface area contributed by atoms with Crippen LogP contribution in [0.2, 0.25) is 0 Å². The van der Waals surface area contributed by atoms with E-state index in [4.69, 9.17) is 10.5 Å². The van der Waals surface area contributed by atoms with Gasteiger partial charge in [0.2, 0.25) is 11.6 Å². The van der Waals surface area contributed by atoms with Gasteiger partial charge in [0.15, 0.2) is 5.82 Å². The summed E-state index contributed by atoms with van der Waals surface area (Å²) >= 11 is 0. The lowest BCUT2D eigenvalue weighted by atomic mass is 10.4. The minimum atomic E-state index is -0.696. The van der Waals surface area contributed by atoms with Crippen molar-refractivity contribution in [1.82, 2.24) is 20.3 Å². The molecule has 0 saturated heterocycles. The third-order valence-electron chi connectivity index (χ3n) is 2.07. The highest BCUT2D eigenvalue weighted by Crippen LogP contribution is 2.08. The minimum Gasteiger partial charge on any atom is -0.464 e. The lowest BCUT2D eigenvalue weighted by Gasteiger charge is -2.05. The third-order valence-corrected chi connectivity index (χ3v) is 2.07. The van der Waals surface area contributed by atoms with E-state index in [-0.39, 0.29) is 24.0 Å². The monoisotopic (exact) mass is 257 g/mol. The number of carbonyl (C=O) groups is 2. The molecule has 1 amide bonds. The van der Waals surface area contributed by atoms with E-state index in [2.05, 4.69) is 20.4 Å². The second-order valence-corrected chi connectivity index (χ2v) is 3.32. The number of nitrogens with one attached hydrogen (secondary N) is 1. The van der Waals surface area contributed by atoms with Gasteiger partial charge in [-0.25, -0.2) is 9.48 Å². The van der Waals surface area contributed by atoms with Gasteiger partial charge in [0, 0.05) is 13.7 Å². The molecule has 9 heteroatoms. The number of hydrogen-bond acceptors (Lipinski definition) is 7. The van der Waals surface area contributed by atoms with Crippen LogP contribution in [-0.4, -0.2) is 54.2 Å². The van der Waals surface area contributed by atoms with Gasteiger partial charge in [-0.15, -0.1) is 5.10 Å². The number of nitrogen functional groups attached to an aromatic ring is 1. The van der Waals surface area contributed by atoms with Crippen molar-refractivity contribution < 1.29 is 19.1 Å². The van der Waals surface area contributed by atoms with E-state index in [1.807, 2.05) is 0 Å². The lowest BCUT2D eigenvalue weighted by Crippen LogP contribution is -2.31. The molecular formula is C9H15N5O4. The highest BCUT2D eigenvalue weighted by molar-refractivity contribution is 5.92. The molecule has 0 aliphatic rings. The van der Waals surface area contributed by atoms with Crippen LogP contribution >= 0.6 is 0 Å². The number of hydrogen-bond donors (Lipinski definition) is 2. The number of esters is 1. The minimum absolute atomic E-state index is 0.0104. The van der Waals surface area contributed by atoms with Crippen LogP contribution in [0, 0.1) is 0 Å². The number of carbonyl (C=O) groups excluding carboxylic acids is 2. The van der Waals surface area contributed by atoms with Gasteiger partial charge in [-0.1, -0.05) is 5.21 Å². The summed E-state index contributed by atoms with van der Waals surface area (Å²) in [7, 11) is 2.74. The maximum atomic E-state index is 11.5. The van der Waals surface area contributed by atoms with Crippen LogP contribution in [0.3, 0.4) is 0 Å². The first kappa shape index (κ1) is 13.9. The van der Waals surface area contributed by atoms with E-state index in [0.717, 1.165) is 4.68 Å². The molecule has 0 bridgehead atoms. The number of anilines is 1. The number of nitrogens with zero attached hydrogens (tertiary/aromatic N) is 3. The molecule has 0 atom stereocenters. The second-order valence-electron chi connectivity index (χ2n) is 3.32. The van der Waals surface area contributed by atoms with Crippen LogP contribution in [0.1, 0.15) is 10.5 Å². The summed E-state index contributed by atoms with van der Waals surface area (Å²) < 4.78 is 10.4. The van der Waals surface area contributed by atoms with Gasteiger partial charge >= 0.3 is 5.97 Å². The summed E-state index contributed by atoms with van der Waals surface area (Å²) in [4.78, 5) is 22.7. The van der Waals surface area contributed by atoms with Crippen LogP contribution < -0.4 is 11.1 Å². The van der Waals surface area contributed by atoms with Gasteiger partial charge in [-0.2, -0.15) is 0 Å². The van der Waals surface area contributed by atoms with E-state index < -0.39 is 5.97 Å². The fourth-order valence-electron chi connectivity index (χ4n) is 1.16. The first-order valence-electron chi connectivity index (χ1n) is 5.13. The van der Waals surface area contributed by atoms with Crippen molar-refractivity contribution in [2.75, 3.05) is 33.1 Å². The fraction of sp³-hybridized carbons (Fsp3) is 0.556. The SMILES string of the molecule is COCCNC(=O)Cn1nnc(C(=O)OC)c1N. The predicted octanol–water partition coefficient (Wildman–Crippen LogP) is -1.59. The summed E-state index contributed by atoms with van der Waals surface area (Å²) in [5.74, 6) is -1.01. The number of aromatic nitrogens is 3. The Balaban J connectivity index is 2.60. The zero-order valence-electron chi connectivity index (χ0n) is 10.2. The Morgan fingerprint density at radius 2 is 2.17 bits per heavy atom. The molecule has 0 spiro atoms. The topological polar surface area (TPSA) is 121 Å². The van der Waals surface area contributed by atoms with Gasteiger partial charge < -0.3 is 20.5 Å². The van der Waals surface area contributed by atoms with Crippen molar-refractivity contribution in [3.63, 3.8) is 0 Å². The predicted molar refractivity (Wildman–Crippen MR) is 60.7 cm³/mol. The zero-order valence-corrected chi connectivity index (χ0v) is 10.2.